The van der Waals surface area contributed by atoms with E-state index in [2.05, 4.69) is 10.3 Å². The molecule has 106 valence electrons. The average molecular weight is 282 g/mol. The standard InChI is InChI=1S/C13H13F3N4/c14-13(15,16)11-9-10(20-8-5-17-18-20)3-4-12(11)19-6-1-2-7-19/h3-5,8-9H,1-2,6-7H2. The summed E-state index contributed by atoms with van der Waals surface area (Å²) in [6.45, 7) is 1.34. The molecule has 1 fully saturated rings. The van der Waals surface area contributed by atoms with E-state index in [1.54, 1.807) is 11.0 Å². The number of anilines is 1. The molecule has 4 nitrogen and oxygen atoms in total. The molecule has 0 bridgehead atoms. The van der Waals surface area contributed by atoms with Crippen LogP contribution >= 0.6 is 0 Å². The molecule has 0 N–H and O–H groups in total. The first kappa shape index (κ1) is 13.0. The fourth-order valence-corrected chi connectivity index (χ4v) is 2.47. The van der Waals surface area contributed by atoms with E-state index in [1.807, 2.05) is 0 Å². The Bertz CT molecular complexity index is 586. The summed E-state index contributed by atoms with van der Waals surface area (Å²) in [5, 5.41) is 7.33. The van der Waals surface area contributed by atoms with E-state index in [9.17, 15) is 13.2 Å². The third-order valence-electron chi connectivity index (χ3n) is 3.42. The zero-order chi connectivity index (χ0) is 14.2. The van der Waals surface area contributed by atoms with Gasteiger partial charge in [0.25, 0.3) is 0 Å². The van der Waals surface area contributed by atoms with Crippen molar-refractivity contribution in [1.82, 2.24) is 15.0 Å². The molecule has 0 aliphatic carbocycles. The molecule has 2 heterocycles. The van der Waals surface area contributed by atoms with Crippen LogP contribution in [0.5, 0.6) is 0 Å². The maximum Gasteiger partial charge on any atom is 0.418 e. The fourth-order valence-electron chi connectivity index (χ4n) is 2.47. The second kappa shape index (κ2) is 4.81. The van der Waals surface area contributed by atoms with E-state index in [1.165, 1.54) is 23.1 Å². The highest BCUT2D eigenvalue weighted by atomic mass is 19.4. The molecule has 0 amide bonds. The van der Waals surface area contributed by atoms with Crippen LogP contribution in [0.1, 0.15) is 18.4 Å². The minimum atomic E-state index is -4.38. The Labute approximate surface area is 113 Å². The van der Waals surface area contributed by atoms with Gasteiger partial charge in [-0.25, -0.2) is 4.68 Å². The predicted molar refractivity (Wildman–Crippen MR) is 67.8 cm³/mol. The van der Waals surface area contributed by atoms with Gasteiger partial charge in [0.2, 0.25) is 0 Å². The van der Waals surface area contributed by atoms with Gasteiger partial charge in [0.1, 0.15) is 0 Å². The van der Waals surface area contributed by atoms with Crippen molar-refractivity contribution in [2.24, 2.45) is 0 Å². The lowest BCUT2D eigenvalue weighted by atomic mass is 10.1. The van der Waals surface area contributed by atoms with Crippen molar-refractivity contribution in [3.63, 3.8) is 0 Å². The van der Waals surface area contributed by atoms with Gasteiger partial charge in [0, 0.05) is 18.8 Å². The molecule has 2 aromatic rings. The normalized spacial score (nSPS) is 15.8. The van der Waals surface area contributed by atoms with Crippen molar-refractivity contribution in [2.75, 3.05) is 18.0 Å². The van der Waals surface area contributed by atoms with Crippen LogP contribution in [-0.2, 0) is 6.18 Å². The maximum absolute atomic E-state index is 13.3. The van der Waals surface area contributed by atoms with Crippen LogP contribution in [0.4, 0.5) is 18.9 Å². The number of benzene rings is 1. The molecule has 20 heavy (non-hydrogen) atoms. The average Bonchev–Trinajstić information content (AvgIpc) is 3.10. The number of alkyl halides is 3. The van der Waals surface area contributed by atoms with Crippen molar-refractivity contribution < 1.29 is 13.2 Å². The van der Waals surface area contributed by atoms with Gasteiger partial charge in [-0.3, -0.25) is 0 Å². The molecule has 1 aliphatic rings. The van der Waals surface area contributed by atoms with Crippen molar-refractivity contribution in [3.8, 4) is 5.69 Å². The molecule has 0 atom stereocenters. The van der Waals surface area contributed by atoms with Gasteiger partial charge in [0.05, 0.1) is 23.6 Å². The Morgan fingerprint density at radius 1 is 1.10 bits per heavy atom. The second-order valence-electron chi connectivity index (χ2n) is 4.74. The first-order chi connectivity index (χ1) is 9.55. The largest absolute Gasteiger partial charge is 0.418 e. The van der Waals surface area contributed by atoms with Crippen LogP contribution in [0.25, 0.3) is 5.69 Å². The van der Waals surface area contributed by atoms with Crippen LogP contribution in [-0.4, -0.2) is 28.1 Å². The molecule has 1 aromatic carbocycles. The van der Waals surface area contributed by atoms with Gasteiger partial charge in [-0.05, 0) is 31.0 Å². The van der Waals surface area contributed by atoms with Gasteiger partial charge < -0.3 is 4.90 Å². The topological polar surface area (TPSA) is 34.0 Å². The van der Waals surface area contributed by atoms with E-state index >= 15 is 0 Å². The minimum Gasteiger partial charge on any atom is -0.371 e. The zero-order valence-electron chi connectivity index (χ0n) is 10.6. The Hall–Kier alpha value is -2.05. The summed E-state index contributed by atoms with van der Waals surface area (Å²) in [6.07, 6.45) is 0.436. The Balaban J connectivity index is 2.07. The summed E-state index contributed by atoms with van der Waals surface area (Å²) in [4.78, 5) is 1.79. The molecule has 1 saturated heterocycles. The summed E-state index contributed by atoms with van der Waals surface area (Å²) in [6, 6.07) is 4.28. The van der Waals surface area contributed by atoms with E-state index in [-0.39, 0.29) is 5.69 Å². The molecular formula is C13H13F3N4. The van der Waals surface area contributed by atoms with E-state index in [0.29, 0.717) is 18.8 Å². The van der Waals surface area contributed by atoms with Gasteiger partial charge >= 0.3 is 6.18 Å². The fraction of sp³-hybridized carbons (Fsp3) is 0.385. The van der Waals surface area contributed by atoms with Crippen molar-refractivity contribution in [2.45, 2.75) is 19.0 Å². The molecule has 7 heteroatoms. The zero-order valence-corrected chi connectivity index (χ0v) is 10.6. The highest BCUT2D eigenvalue weighted by molar-refractivity contribution is 5.59. The minimum absolute atomic E-state index is 0.249. The number of hydrogen-bond acceptors (Lipinski definition) is 3. The molecule has 1 aromatic heterocycles. The molecule has 0 spiro atoms. The first-order valence-electron chi connectivity index (χ1n) is 6.38. The highest BCUT2D eigenvalue weighted by Gasteiger charge is 2.35. The quantitative estimate of drug-likeness (QED) is 0.849. The van der Waals surface area contributed by atoms with E-state index in [4.69, 9.17) is 0 Å². The molecular weight excluding hydrogens is 269 g/mol. The number of aromatic nitrogens is 3. The van der Waals surface area contributed by atoms with Gasteiger partial charge in [-0.15, -0.1) is 5.10 Å². The van der Waals surface area contributed by atoms with Crippen LogP contribution < -0.4 is 4.90 Å². The van der Waals surface area contributed by atoms with E-state index < -0.39 is 11.7 Å². The summed E-state index contributed by atoms with van der Waals surface area (Å²) in [5.41, 5.74) is -0.0102. The molecule has 0 radical (unpaired) electrons. The number of rotatable bonds is 2. The number of halogens is 3. The van der Waals surface area contributed by atoms with Crippen molar-refractivity contribution in [1.29, 1.82) is 0 Å². The summed E-state index contributed by atoms with van der Waals surface area (Å²) in [5.74, 6) is 0. The Morgan fingerprint density at radius 2 is 1.85 bits per heavy atom. The Kier molecular flexibility index (Phi) is 3.11. The van der Waals surface area contributed by atoms with Gasteiger partial charge in [-0.2, -0.15) is 13.2 Å². The highest BCUT2D eigenvalue weighted by Crippen LogP contribution is 2.38. The molecule has 1 aliphatic heterocycles. The number of hydrogen-bond donors (Lipinski definition) is 0. The third-order valence-corrected chi connectivity index (χ3v) is 3.42. The smallest absolute Gasteiger partial charge is 0.371 e. The first-order valence-corrected chi connectivity index (χ1v) is 6.38. The summed E-state index contributed by atoms with van der Waals surface area (Å²) >= 11 is 0. The monoisotopic (exact) mass is 282 g/mol. The number of nitrogens with zero attached hydrogens (tertiary/aromatic N) is 4. The lowest BCUT2D eigenvalue weighted by Crippen LogP contribution is -2.22. The molecule has 0 unspecified atom stereocenters. The SMILES string of the molecule is FC(F)(F)c1cc(-n2ccnn2)ccc1N1CCCC1. The van der Waals surface area contributed by atoms with Crippen molar-refractivity contribution >= 4 is 5.69 Å². The molecule has 3 rings (SSSR count). The van der Waals surface area contributed by atoms with Crippen LogP contribution in [0, 0.1) is 0 Å². The summed E-state index contributed by atoms with van der Waals surface area (Å²) in [7, 11) is 0. The second-order valence-corrected chi connectivity index (χ2v) is 4.74. The third kappa shape index (κ3) is 2.35. The van der Waals surface area contributed by atoms with Gasteiger partial charge in [-0.1, -0.05) is 5.21 Å². The van der Waals surface area contributed by atoms with Crippen LogP contribution in [0.2, 0.25) is 0 Å². The van der Waals surface area contributed by atoms with Crippen LogP contribution in [0.3, 0.4) is 0 Å². The maximum atomic E-state index is 13.3. The van der Waals surface area contributed by atoms with E-state index in [0.717, 1.165) is 18.9 Å². The Morgan fingerprint density at radius 3 is 2.45 bits per heavy atom. The molecule has 0 saturated carbocycles. The van der Waals surface area contributed by atoms with Gasteiger partial charge in [0.15, 0.2) is 0 Å². The predicted octanol–water partition coefficient (Wildman–Crippen LogP) is 2.89. The lowest BCUT2D eigenvalue weighted by Gasteiger charge is -2.23. The van der Waals surface area contributed by atoms with Crippen LogP contribution in [0.15, 0.2) is 30.6 Å². The van der Waals surface area contributed by atoms with Crippen molar-refractivity contribution in [3.05, 3.63) is 36.2 Å². The lowest BCUT2D eigenvalue weighted by molar-refractivity contribution is -0.137. The summed E-state index contributed by atoms with van der Waals surface area (Å²) < 4.78 is 41.1.